The number of rotatable bonds is 4. The van der Waals surface area contributed by atoms with Crippen LogP contribution < -0.4 is 10.2 Å². The molecule has 2 aromatic rings. The number of piperidine rings is 1. The van der Waals surface area contributed by atoms with Crippen LogP contribution >= 0.6 is 11.6 Å². The molecule has 39 heavy (non-hydrogen) atoms. The number of carbonyl (C=O) groups is 2. The summed E-state index contributed by atoms with van der Waals surface area (Å²) in [4.78, 5) is 29.7. The van der Waals surface area contributed by atoms with Crippen LogP contribution in [0.1, 0.15) is 58.4 Å². The van der Waals surface area contributed by atoms with Crippen molar-refractivity contribution in [3.63, 3.8) is 0 Å². The van der Waals surface area contributed by atoms with Gasteiger partial charge in [0.2, 0.25) is 0 Å². The molecule has 2 amide bonds. The molecule has 0 unspecified atom stereocenters. The molecule has 0 radical (unpaired) electrons. The molecule has 3 fully saturated rings. The van der Waals surface area contributed by atoms with Gasteiger partial charge in [-0.15, -0.1) is 0 Å². The zero-order valence-electron chi connectivity index (χ0n) is 22.3. The Labute approximate surface area is 230 Å². The first-order valence-corrected chi connectivity index (χ1v) is 13.5. The fraction of sp³-hybridized carbons (Fsp3) is 0.593. The van der Waals surface area contributed by atoms with Gasteiger partial charge >= 0.3 is 12.3 Å². The average molecular weight is 568 g/mol. The number of nitrogens with one attached hydrogen (secondary N) is 1. The SMILES string of the molecule is CC(C)(C)OC(=O)N1CC2(CCN(c3cnn(C4(C(=O)Nc5ccc(C(F)(F)F)cc5Cl)CCC4)c3)CC2)C1. The molecular formula is C27H33ClF3N5O3. The predicted octanol–water partition coefficient (Wildman–Crippen LogP) is 5.91. The summed E-state index contributed by atoms with van der Waals surface area (Å²) < 4.78 is 46.1. The first kappa shape index (κ1) is 27.6. The maximum absolute atomic E-state index is 13.3. The second-order valence-corrected chi connectivity index (χ2v) is 12.4. The Kier molecular flexibility index (Phi) is 6.80. The summed E-state index contributed by atoms with van der Waals surface area (Å²) in [7, 11) is 0. The lowest BCUT2D eigenvalue weighted by Crippen LogP contribution is -2.62. The summed E-state index contributed by atoms with van der Waals surface area (Å²) in [5.74, 6) is -0.348. The van der Waals surface area contributed by atoms with E-state index >= 15 is 0 Å². The van der Waals surface area contributed by atoms with E-state index in [0.29, 0.717) is 25.9 Å². The van der Waals surface area contributed by atoms with Gasteiger partial charge in [0.15, 0.2) is 0 Å². The molecule has 1 aromatic heterocycles. The van der Waals surface area contributed by atoms with E-state index in [-0.39, 0.29) is 28.1 Å². The van der Waals surface area contributed by atoms with Crippen LogP contribution in [0.25, 0.3) is 0 Å². The molecule has 1 aliphatic carbocycles. The lowest BCUT2D eigenvalue weighted by molar-refractivity contribution is -0.137. The first-order chi connectivity index (χ1) is 18.2. The van der Waals surface area contributed by atoms with Crippen molar-refractivity contribution in [2.75, 3.05) is 36.4 Å². The molecule has 0 bridgehead atoms. The number of ether oxygens (including phenoxy) is 1. The molecule has 0 atom stereocenters. The standard InChI is InChI=1S/C27H33ClF3N5O3/c1-24(2,3)39-23(38)35-16-25(17-35)9-11-34(12-10-25)19-14-32-36(15-19)26(7-4-8-26)22(37)33-21-6-5-18(13-20(21)28)27(29,30)31/h5-6,13-15H,4,7-12,16-17H2,1-3H3,(H,33,37). The molecule has 3 heterocycles. The van der Waals surface area contributed by atoms with Crippen molar-refractivity contribution in [1.29, 1.82) is 0 Å². The minimum atomic E-state index is -4.52. The van der Waals surface area contributed by atoms with Crippen molar-refractivity contribution in [3.8, 4) is 0 Å². The van der Waals surface area contributed by atoms with Gasteiger partial charge in [-0.2, -0.15) is 18.3 Å². The van der Waals surface area contributed by atoms with Gasteiger partial charge in [0.25, 0.3) is 5.91 Å². The summed E-state index contributed by atoms with van der Waals surface area (Å²) in [6.45, 7) is 8.61. The summed E-state index contributed by atoms with van der Waals surface area (Å²) in [6.07, 6.45) is 2.71. The van der Waals surface area contributed by atoms with Crippen molar-refractivity contribution >= 4 is 35.0 Å². The Balaban J connectivity index is 1.20. The Morgan fingerprint density at radius 2 is 1.74 bits per heavy atom. The molecule has 3 aliphatic rings. The van der Waals surface area contributed by atoms with Crippen LogP contribution in [-0.4, -0.2) is 58.5 Å². The highest BCUT2D eigenvalue weighted by atomic mass is 35.5. The monoisotopic (exact) mass is 567 g/mol. The van der Waals surface area contributed by atoms with Crippen molar-refractivity contribution in [2.45, 2.75) is 70.2 Å². The van der Waals surface area contributed by atoms with Crippen LogP contribution in [-0.2, 0) is 21.2 Å². The van der Waals surface area contributed by atoms with Crippen molar-refractivity contribution in [2.24, 2.45) is 5.41 Å². The first-order valence-electron chi connectivity index (χ1n) is 13.2. The number of benzene rings is 1. The highest BCUT2D eigenvalue weighted by Gasteiger charge is 2.49. The fourth-order valence-corrected chi connectivity index (χ4v) is 5.82. The lowest BCUT2D eigenvalue weighted by atomic mass is 9.72. The van der Waals surface area contributed by atoms with E-state index in [4.69, 9.17) is 16.3 Å². The van der Waals surface area contributed by atoms with Crippen LogP contribution in [0.5, 0.6) is 0 Å². The molecule has 1 N–H and O–H groups in total. The van der Waals surface area contributed by atoms with Crippen molar-refractivity contribution < 1.29 is 27.5 Å². The summed E-state index contributed by atoms with van der Waals surface area (Å²) in [5.41, 5.74) is -1.14. The molecular weight excluding hydrogens is 535 g/mol. The van der Waals surface area contributed by atoms with Gasteiger partial charge in [-0.25, -0.2) is 4.79 Å². The molecule has 1 spiro atoms. The molecule has 12 heteroatoms. The Morgan fingerprint density at radius 3 is 2.28 bits per heavy atom. The third kappa shape index (κ3) is 5.42. The van der Waals surface area contributed by atoms with Gasteiger partial charge in [0.05, 0.1) is 28.2 Å². The number of carbonyl (C=O) groups excluding carboxylic acids is 2. The fourth-order valence-electron chi connectivity index (χ4n) is 5.59. The molecule has 1 saturated carbocycles. The molecule has 8 nitrogen and oxygen atoms in total. The molecule has 2 aliphatic heterocycles. The number of likely N-dealkylation sites (tertiary alicyclic amines) is 1. The van der Waals surface area contributed by atoms with Crippen LogP contribution in [0.3, 0.4) is 0 Å². The molecule has 2 saturated heterocycles. The molecule has 5 rings (SSSR count). The van der Waals surface area contributed by atoms with Crippen molar-refractivity contribution in [3.05, 3.63) is 41.2 Å². The van der Waals surface area contributed by atoms with Gasteiger partial charge in [0, 0.05) is 37.8 Å². The van der Waals surface area contributed by atoms with E-state index in [1.807, 2.05) is 27.0 Å². The van der Waals surface area contributed by atoms with Crippen LogP contribution in [0.4, 0.5) is 29.3 Å². The zero-order valence-corrected chi connectivity index (χ0v) is 23.0. The highest BCUT2D eigenvalue weighted by Crippen LogP contribution is 2.44. The summed E-state index contributed by atoms with van der Waals surface area (Å²) >= 11 is 6.06. The predicted molar refractivity (Wildman–Crippen MR) is 141 cm³/mol. The Bertz CT molecular complexity index is 1250. The van der Waals surface area contributed by atoms with E-state index in [0.717, 1.165) is 50.2 Å². The largest absolute Gasteiger partial charge is 0.444 e. The van der Waals surface area contributed by atoms with Crippen LogP contribution in [0, 0.1) is 5.41 Å². The van der Waals surface area contributed by atoms with E-state index in [2.05, 4.69) is 15.3 Å². The topological polar surface area (TPSA) is 79.7 Å². The lowest BCUT2D eigenvalue weighted by Gasteiger charge is -2.53. The zero-order chi connectivity index (χ0) is 28.2. The third-order valence-electron chi connectivity index (χ3n) is 8.05. The van der Waals surface area contributed by atoms with E-state index < -0.39 is 22.9 Å². The number of anilines is 2. The normalized spacial score (nSPS) is 20.3. The second-order valence-electron chi connectivity index (χ2n) is 12.0. The number of hydrogen-bond donors (Lipinski definition) is 1. The summed E-state index contributed by atoms with van der Waals surface area (Å²) in [6, 6.07) is 2.89. The van der Waals surface area contributed by atoms with Gasteiger partial charge in [0.1, 0.15) is 11.1 Å². The molecule has 212 valence electrons. The van der Waals surface area contributed by atoms with E-state index in [1.165, 1.54) is 6.07 Å². The summed E-state index contributed by atoms with van der Waals surface area (Å²) in [5, 5.41) is 7.07. The van der Waals surface area contributed by atoms with Crippen molar-refractivity contribution in [1.82, 2.24) is 14.7 Å². The van der Waals surface area contributed by atoms with Gasteiger partial charge in [-0.1, -0.05) is 11.6 Å². The number of nitrogens with zero attached hydrogens (tertiary/aromatic N) is 4. The number of amides is 2. The minimum Gasteiger partial charge on any atom is -0.444 e. The van der Waals surface area contributed by atoms with Gasteiger partial charge in [-0.05, 0) is 71.1 Å². The van der Waals surface area contributed by atoms with Gasteiger partial charge < -0.3 is 19.9 Å². The minimum absolute atomic E-state index is 0.111. The smallest absolute Gasteiger partial charge is 0.416 e. The Hall–Kier alpha value is -2.95. The van der Waals surface area contributed by atoms with Gasteiger partial charge in [-0.3, -0.25) is 9.48 Å². The Morgan fingerprint density at radius 1 is 1.08 bits per heavy atom. The number of halogens is 4. The number of alkyl halides is 3. The highest BCUT2D eigenvalue weighted by molar-refractivity contribution is 6.33. The van der Waals surface area contributed by atoms with E-state index in [9.17, 15) is 22.8 Å². The third-order valence-corrected chi connectivity index (χ3v) is 8.36. The number of aromatic nitrogens is 2. The molecule has 1 aromatic carbocycles. The number of hydrogen-bond acceptors (Lipinski definition) is 5. The quantitative estimate of drug-likeness (QED) is 0.497. The maximum atomic E-state index is 13.3. The van der Waals surface area contributed by atoms with Crippen LogP contribution in [0.15, 0.2) is 30.6 Å². The second kappa shape index (κ2) is 9.60. The van der Waals surface area contributed by atoms with E-state index in [1.54, 1.807) is 15.8 Å². The maximum Gasteiger partial charge on any atom is 0.416 e. The average Bonchev–Trinajstić information content (AvgIpc) is 3.26. The van der Waals surface area contributed by atoms with Crippen LogP contribution in [0.2, 0.25) is 5.02 Å².